The van der Waals surface area contributed by atoms with Crippen molar-refractivity contribution >= 4 is 17.5 Å². The molecule has 1 heterocycles. The maximum Gasteiger partial charge on any atom is 0.271 e. The van der Waals surface area contributed by atoms with Crippen molar-refractivity contribution in [1.29, 1.82) is 0 Å². The summed E-state index contributed by atoms with van der Waals surface area (Å²) < 4.78 is 10.1. The molecular weight excluding hydrogens is 258 g/mol. The topological polar surface area (TPSA) is 73.3 Å². The summed E-state index contributed by atoms with van der Waals surface area (Å²) in [6.07, 6.45) is 3.47. The second kappa shape index (κ2) is 8.79. The quantitative estimate of drug-likeness (QED) is 0.713. The molecule has 0 bridgehead atoms. The molecule has 1 rings (SSSR count). The molecule has 0 aliphatic rings. The molecular formula is C11H16ClN3O3. The lowest BCUT2D eigenvalue weighted by Gasteiger charge is -2.05. The molecule has 0 saturated heterocycles. The first kappa shape index (κ1) is 14.8. The van der Waals surface area contributed by atoms with Gasteiger partial charge in [0.25, 0.3) is 5.91 Å². The summed E-state index contributed by atoms with van der Waals surface area (Å²) in [5.41, 5.74) is 0.211. The average Bonchev–Trinajstić information content (AvgIpc) is 2.37. The van der Waals surface area contributed by atoms with Crippen LogP contribution in [-0.4, -0.2) is 49.4 Å². The van der Waals surface area contributed by atoms with Crippen molar-refractivity contribution in [2.24, 2.45) is 0 Å². The molecule has 1 amide bonds. The number of carbonyl (C=O) groups is 1. The first-order chi connectivity index (χ1) is 8.74. The summed E-state index contributed by atoms with van der Waals surface area (Å²) in [7, 11) is 1.62. The van der Waals surface area contributed by atoms with Crippen LogP contribution in [0, 0.1) is 0 Å². The highest BCUT2D eigenvalue weighted by molar-refractivity contribution is 6.29. The normalized spacial score (nSPS) is 10.3. The molecule has 0 radical (unpaired) electrons. The van der Waals surface area contributed by atoms with Crippen LogP contribution in [0.5, 0.6) is 0 Å². The Balaban J connectivity index is 2.14. The van der Waals surface area contributed by atoms with Gasteiger partial charge < -0.3 is 14.8 Å². The second-order valence-electron chi connectivity index (χ2n) is 3.44. The standard InChI is InChI=1S/C11H16ClN3O3/c1-17-5-6-18-4-2-3-14-11(16)9-7-13-8-10(12)15-9/h7-8H,2-6H2,1H3,(H,14,16). The lowest BCUT2D eigenvalue weighted by Crippen LogP contribution is -2.26. The molecule has 100 valence electrons. The number of aromatic nitrogens is 2. The van der Waals surface area contributed by atoms with Crippen molar-refractivity contribution in [3.8, 4) is 0 Å². The minimum atomic E-state index is -0.290. The number of halogens is 1. The van der Waals surface area contributed by atoms with E-state index in [1.165, 1.54) is 12.4 Å². The van der Waals surface area contributed by atoms with E-state index in [-0.39, 0.29) is 16.8 Å². The minimum Gasteiger partial charge on any atom is -0.382 e. The summed E-state index contributed by atoms with van der Waals surface area (Å²) >= 11 is 5.64. The molecule has 1 aromatic rings. The van der Waals surface area contributed by atoms with Crippen LogP contribution in [0.4, 0.5) is 0 Å². The molecule has 6 nitrogen and oxygen atoms in total. The zero-order chi connectivity index (χ0) is 13.2. The predicted octanol–water partition coefficient (Wildman–Crippen LogP) is 0.913. The highest BCUT2D eigenvalue weighted by Gasteiger charge is 2.07. The Kier molecular flexibility index (Phi) is 7.24. The van der Waals surface area contributed by atoms with Crippen LogP contribution < -0.4 is 5.32 Å². The number of nitrogens with one attached hydrogen (secondary N) is 1. The minimum absolute atomic E-state index is 0.200. The zero-order valence-electron chi connectivity index (χ0n) is 10.2. The Labute approximate surface area is 111 Å². The molecule has 1 N–H and O–H groups in total. The lowest BCUT2D eigenvalue weighted by atomic mass is 10.4. The second-order valence-corrected chi connectivity index (χ2v) is 3.83. The molecule has 0 saturated carbocycles. The fourth-order valence-electron chi connectivity index (χ4n) is 1.16. The average molecular weight is 274 g/mol. The van der Waals surface area contributed by atoms with Crippen molar-refractivity contribution in [3.05, 3.63) is 23.2 Å². The molecule has 0 atom stereocenters. The Bertz CT molecular complexity index is 376. The summed E-state index contributed by atoms with van der Waals surface area (Å²) in [5, 5.41) is 2.91. The summed E-state index contributed by atoms with van der Waals surface area (Å²) in [6, 6.07) is 0. The lowest BCUT2D eigenvalue weighted by molar-refractivity contribution is 0.0688. The first-order valence-electron chi connectivity index (χ1n) is 5.56. The van der Waals surface area contributed by atoms with E-state index in [1.54, 1.807) is 7.11 Å². The monoisotopic (exact) mass is 273 g/mol. The molecule has 7 heteroatoms. The fourth-order valence-corrected chi connectivity index (χ4v) is 1.31. The largest absolute Gasteiger partial charge is 0.382 e. The Morgan fingerprint density at radius 2 is 2.22 bits per heavy atom. The van der Waals surface area contributed by atoms with Gasteiger partial charge in [0.2, 0.25) is 0 Å². The van der Waals surface area contributed by atoms with Gasteiger partial charge in [-0.25, -0.2) is 4.98 Å². The molecule has 0 aliphatic carbocycles. The molecule has 0 unspecified atom stereocenters. The van der Waals surface area contributed by atoms with Crippen molar-refractivity contribution in [2.45, 2.75) is 6.42 Å². The van der Waals surface area contributed by atoms with E-state index in [9.17, 15) is 4.79 Å². The van der Waals surface area contributed by atoms with E-state index in [0.717, 1.165) is 6.42 Å². The Morgan fingerprint density at radius 1 is 1.39 bits per heavy atom. The number of rotatable bonds is 8. The molecule has 0 aromatic carbocycles. The van der Waals surface area contributed by atoms with Crippen LogP contribution in [0.25, 0.3) is 0 Å². The number of amides is 1. The van der Waals surface area contributed by atoms with Gasteiger partial charge in [-0.2, -0.15) is 0 Å². The number of hydrogen-bond acceptors (Lipinski definition) is 5. The smallest absolute Gasteiger partial charge is 0.271 e. The predicted molar refractivity (Wildman–Crippen MR) is 66.7 cm³/mol. The molecule has 1 aromatic heterocycles. The van der Waals surface area contributed by atoms with Gasteiger partial charge in [0.15, 0.2) is 0 Å². The highest BCUT2D eigenvalue weighted by atomic mass is 35.5. The highest BCUT2D eigenvalue weighted by Crippen LogP contribution is 2.01. The van der Waals surface area contributed by atoms with Crippen molar-refractivity contribution in [1.82, 2.24) is 15.3 Å². The van der Waals surface area contributed by atoms with Crippen LogP contribution >= 0.6 is 11.6 Å². The van der Waals surface area contributed by atoms with Crippen LogP contribution in [-0.2, 0) is 9.47 Å². The third-order valence-electron chi connectivity index (χ3n) is 2.02. The van der Waals surface area contributed by atoms with Crippen molar-refractivity contribution in [3.63, 3.8) is 0 Å². The molecule has 18 heavy (non-hydrogen) atoms. The van der Waals surface area contributed by atoms with E-state index in [0.29, 0.717) is 26.4 Å². The van der Waals surface area contributed by atoms with E-state index in [1.807, 2.05) is 0 Å². The maximum absolute atomic E-state index is 11.6. The Morgan fingerprint density at radius 3 is 2.94 bits per heavy atom. The van der Waals surface area contributed by atoms with Gasteiger partial charge in [-0.05, 0) is 6.42 Å². The van der Waals surface area contributed by atoms with Crippen LogP contribution in [0.2, 0.25) is 5.15 Å². The zero-order valence-corrected chi connectivity index (χ0v) is 10.9. The van der Waals surface area contributed by atoms with Crippen molar-refractivity contribution < 1.29 is 14.3 Å². The van der Waals surface area contributed by atoms with Crippen LogP contribution in [0.15, 0.2) is 12.4 Å². The first-order valence-corrected chi connectivity index (χ1v) is 5.94. The van der Waals surface area contributed by atoms with Gasteiger partial charge >= 0.3 is 0 Å². The van der Waals surface area contributed by atoms with Crippen molar-refractivity contribution in [2.75, 3.05) is 33.5 Å². The number of nitrogens with zero attached hydrogens (tertiary/aromatic N) is 2. The van der Waals surface area contributed by atoms with Gasteiger partial charge in [0, 0.05) is 20.3 Å². The third kappa shape index (κ3) is 5.90. The van der Waals surface area contributed by atoms with Gasteiger partial charge in [-0.15, -0.1) is 0 Å². The SMILES string of the molecule is COCCOCCCNC(=O)c1cncc(Cl)n1. The number of ether oxygens (including phenoxy) is 2. The van der Waals surface area contributed by atoms with E-state index < -0.39 is 0 Å². The number of carbonyl (C=O) groups excluding carboxylic acids is 1. The summed E-state index contributed by atoms with van der Waals surface area (Å²) in [4.78, 5) is 19.2. The number of hydrogen-bond donors (Lipinski definition) is 1. The van der Waals surface area contributed by atoms with E-state index in [2.05, 4.69) is 15.3 Å². The molecule has 0 aliphatic heterocycles. The van der Waals surface area contributed by atoms with E-state index in [4.69, 9.17) is 21.1 Å². The molecule has 0 fully saturated rings. The van der Waals surface area contributed by atoms with Crippen LogP contribution in [0.1, 0.15) is 16.9 Å². The molecule has 0 spiro atoms. The Hall–Kier alpha value is -1.24. The van der Waals surface area contributed by atoms with Gasteiger partial charge in [-0.1, -0.05) is 11.6 Å². The summed E-state index contributed by atoms with van der Waals surface area (Å²) in [6.45, 7) is 2.22. The number of methoxy groups -OCH3 is 1. The fraction of sp³-hybridized carbons (Fsp3) is 0.545. The van der Waals surface area contributed by atoms with Gasteiger partial charge in [0.05, 0.1) is 25.6 Å². The van der Waals surface area contributed by atoms with E-state index >= 15 is 0 Å². The van der Waals surface area contributed by atoms with Crippen LogP contribution in [0.3, 0.4) is 0 Å². The maximum atomic E-state index is 11.6. The third-order valence-corrected chi connectivity index (χ3v) is 2.20. The van der Waals surface area contributed by atoms with Gasteiger partial charge in [0.1, 0.15) is 10.8 Å². The summed E-state index contributed by atoms with van der Waals surface area (Å²) in [5.74, 6) is -0.290. The van der Waals surface area contributed by atoms with Gasteiger partial charge in [-0.3, -0.25) is 9.78 Å².